The minimum absolute atomic E-state index is 0.115. The summed E-state index contributed by atoms with van der Waals surface area (Å²) in [5, 5.41) is 2.77. The van der Waals surface area contributed by atoms with Gasteiger partial charge in [0.15, 0.2) is 6.10 Å². The number of benzene rings is 3. The molecule has 0 aliphatic carbocycles. The zero-order valence-corrected chi connectivity index (χ0v) is 18.2. The second-order valence-electron chi connectivity index (χ2n) is 7.32. The summed E-state index contributed by atoms with van der Waals surface area (Å²) in [6.07, 6.45) is -0.315. The van der Waals surface area contributed by atoms with Crippen LogP contribution in [0.2, 0.25) is 0 Å². The molecular formula is C26H26N2O4. The van der Waals surface area contributed by atoms with Gasteiger partial charge in [0.1, 0.15) is 0 Å². The summed E-state index contributed by atoms with van der Waals surface area (Å²) in [7, 11) is 1.64. The van der Waals surface area contributed by atoms with Crippen molar-refractivity contribution in [3.63, 3.8) is 0 Å². The summed E-state index contributed by atoms with van der Waals surface area (Å²) >= 11 is 0. The van der Waals surface area contributed by atoms with Crippen molar-refractivity contribution in [2.24, 2.45) is 0 Å². The van der Waals surface area contributed by atoms with Gasteiger partial charge in [0.2, 0.25) is 0 Å². The maximum Gasteiger partial charge on any atom is 0.339 e. The molecule has 0 saturated heterocycles. The van der Waals surface area contributed by atoms with E-state index in [-0.39, 0.29) is 22.9 Å². The van der Waals surface area contributed by atoms with E-state index in [1.807, 2.05) is 48.5 Å². The molecule has 0 spiro atoms. The Morgan fingerprint density at radius 2 is 1.41 bits per heavy atom. The van der Waals surface area contributed by atoms with Crippen molar-refractivity contribution < 1.29 is 19.1 Å². The van der Waals surface area contributed by atoms with Crippen molar-refractivity contribution >= 4 is 23.5 Å². The number of carbonyl (C=O) groups excluding carboxylic acids is 3. The highest BCUT2D eigenvalue weighted by molar-refractivity contribution is 6.12. The zero-order chi connectivity index (χ0) is 22.9. The van der Waals surface area contributed by atoms with E-state index in [4.69, 9.17) is 4.74 Å². The quantitative estimate of drug-likeness (QED) is 0.551. The van der Waals surface area contributed by atoms with Crippen LogP contribution in [0.1, 0.15) is 33.2 Å². The van der Waals surface area contributed by atoms with Crippen molar-refractivity contribution in [1.82, 2.24) is 5.32 Å². The molecule has 3 rings (SSSR count). The van der Waals surface area contributed by atoms with Crippen molar-refractivity contribution in [1.29, 1.82) is 0 Å². The van der Waals surface area contributed by atoms with E-state index in [0.29, 0.717) is 18.7 Å². The Morgan fingerprint density at radius 1 is 0.844 bits per heavy atom. The number of hydrogen-bond acceptors (Lipinski definition) is 4. The SMILES string of the molecule is CC(OC(=O)c1ccccc1C(=O)N(C)c1ccccc1)C(=O)NCCc1ccccc1. The Morgan fingerprint density at radius 3 is 2.06 bits per heavy atom. The van der Waals surface area contributed by atoms with E-state index in [9.17, 15) is 14.4 Å². The standard InChI is InChI=1S/C26H26N2O4/c1-19(24(29)27-18-17-20-11-5-3-6-12-20)32-26(31)23-16-10-9-15-22(23)25(30)28(2)21-13-7-4-8-14-21/h3-16,19H,17-18H2,1-2H3,(H,27,29). The van der Waals surface area contributed by atoms with Gasteiger partial charge in [0, 0.05) is 19.3 Å². The molecule has 6 heteroatoms. The first kappa shape index (κ1) is 22.7. The fourth-order valence-electron chi connectivity index (χ4n) is 3.19. The van der Waals surface area contributed by atoms with E-state index >= 15 is 0 Å². The second-order valence-corrected chi connectivity index (χ2v) is 7.32. The maximum atomic E-state index is 13.0. The molecule has 3 aromatic rings. The number of para-hydroxylation sites is 1. The molecule has 6 nitrogen and oxygen atoms in total. The van der Waals surface area contributed by atoms with Crippen molar-refractivity contribution in [3.8, 4) is 0 Å². The fraction of sp³-hybridized carbons (Fsp3) is 0.192. The number of esters is 1. The first-order valence-corrected chi connectivity index (χ1v) is 10.4. The minimum atomic E-state index is -0.992. The highest BCUT2D eigenvalue weighted by atomic mass is 16.5. The second kappa shape index (κ2) is 10.9. The lowest BCUT2D eigenvalue weighted by Gasteiger charge is -2.19. The monoisotopic (exact) mass is 430 g/mol. The fourth-order valence-corrected chi connectivity index (χ4v) is 3.19. The Labute approximate surface area is 187 Å². The van der Waals surface area contributed by atoms with Crippen LogP contribution < -0.4 is 10.2 Å². The summed E-state index contributed by atoms with van der Waals surface area (Å²) in [5.74, 6) is -1.45. The summed E-state index contributed by atoms with van der Waals surface area (Å²) in [4.78, 5) is 39.6. The normalized spacial score (nSPS) is 11.3. The first-order chi connectivity index (χ1) is 15.5. The molecule has 32 heavy (non-hydrogen) atoms. The third-order valence-corrected chi connectivity index (χ3v) is 5.03. The Balaban J connectivity index is 1.62. The van der Waals surface area contributed by atoms with E-state index in [2.05, 4.69) is 5.32 Å². The average Bonchev–Trinajstić information content (AvgIpc) is 2.84. The molecule has 1 atom stereocenters. The molecule has 0 heterocycles. The number of nitrogens with one attached hydrogen (secondary N) is 1. The number of anilines is 1. The lowest BCUT2D eigenvalue weighted by Crippen LogP contribution is -2.37. The molecule has 0 aromatic heterocycles. The molecule has 2 amide bonds. The molecule has 1 N–H and O–H groups in total. The van der Waals surface area contributed by atoms with Crippen LogP contribution in [0.4, 0.5) is 5.69 Å². The lowest BCUT2D eigenvalue weighted by atomic mass is 10.1. The summed E-state index contributed by atoms with van der Waals surface area (Å²) in [6.45, 7) is 1.94. The van der Waals surface area contributed by atoms with Crippen LogP contribution in [0.3, 0.4) is 0 Å². The topological polar surface area (TPSA) is 75.7 Å². The third kappa shape index (κ3) is 5.82. The highest BCUT2D eigenvalue weighted by Crippen LogP contribution is 2.18. The van der Waals surface area contributed by atoms with Crippen molar-refractivity contribution in [2.45, 2.75) is 19.4 Å². The molecule has 0 fully saturated rings. The van der Waals surface area contributed by atoms with Crippen LogP contribution >= 0.6 is 0 Å². The van der Waals surface area contributed by atoms with E-state index in [1.54, 1.807) is 37.4 Å². The Bertz CT molecular complexity index is 1070. The Kier molecular flexibility index (Phi) is 7.75. The third-order valence-electron chi connectivity index (χ3n) is 5.03. The smallest absolute Gasteiger partial charge is 0.339 e. The summed E-state index contributed by atoms with van der Waals surface area (Å²) in [5.41, 5.74) is 2.13. The van der Waals surface area contributed by atoms with E-state index in [0.717, 1.165) is 5.56 Å². The predicted molar refractivity (Wildman–Crippen MR) is 124 cm³/mol. The number of ether oxygens (including phenoxy) is 1. The van der Waals surface area contributed by atoms with Gasteiger partial charge in [-0.1, -0.05) is 60.7 Å². The maximum absolute atomic E-state index is 13.0. The van der Waals surface area contributed by atoms with Crippen LogP contribution in [0.15, 0.2) is 84.9 Å². The molecular weight excluding hydrogens is 404 g/mol. The summed E-state index contributed by atoms with van der Waals surface area (Å²) < 4.78 is 5.36. The van der Waals surface area contributed by atoms with Crippen molar-refractivity contribution in [3.05, 3.63) is 102 Å². The van der Waals surface area contributed by atoms with Crippen LogP contribution in [-0.2, 0) is 16.0 Å². The minimum Gasteiger partial charge on any atom is -0.449 e. The molecule has 1 unspecified atom stereocenters. The molecule has 3 aromatic carbocycles. The summed E-state index contributed by atoms with van der Waals surface area (Å²) in [6, 6.07) is 25.3. The van der Waals surface area contributed by atoms with Gasteiger partial charge in [0.05, 0.1) is 11.1 Å². The van der Waals surface area contributed by atoms with Gasteiger partial charge in [-0.25, -0.2) is 4.79 Å². The first-order valence-electron chi connectivity index (χ1n) is 10.4. The van der Waals surface area contributed by atoms with Crippen LogP contribution in [-0.4, -0.2) is 37.5 Å². The predicted octanol–water partition coefficient (Wildman–Crippen LogP) is 3.87. The highest BCUT2D eigenvalue weighted by Gasteiger charge is 2.24. The average molecular weight is 431 g/mol. The molecule has 164 valence electrons. The number of nitrogens with zero attached hydrogens (tertiary/aromatic N) is 1. The van der Waals surface area contributed by atoms with Crippen LogP contribution in [0.25, 0.3) is 0 Å². The van der Waals surface area contributed by atoms with Gasteiger partial charge in [-0.3, -0.25) is 9.59 Å². The van der Waals surface area contributed by atoms with E-state index < -0.39 is 12.1 Å². The molecule has 0 bridgehead atoms. The van der Waals surface area contributed by atoms with Gasteiger partial charge in [-0.15, -0.1) is 0 Å². The van der Waals surface area contributed by atoms with E-state index in [1.165, 1.54) is 17.9 Å². The number of rotatable bonds is 8. The molecule has 0 aliphatic heterocycles. The van der Waals surface area contributed by atoms with Gasteiger partial charge in [-0.05, 0) is 43.2 Å². The molecule has 0 saturated carbocycles. The number of amides is 2. The molecule has 0 aliphatic rings. The van der Waals surface area contributed by atoms with Gasteiger partial charge in [0.25, 0.3) is 11.8 Å². The number of hydrogen-bond donors (Lipinski definition) is 1. The number of carbonyl (C=O) groups is 3. The van der Waals surface area contributed by atoms with Gasteiger partial charge in [-0.2, -0.15) is 0 Å². The van der Waals surface area contributed by atoms with Gasteiger partial charge >= 0.3 is 5.97 Å². The zero-order valence-electron chi connectivity index (χ0n) is 18.2. The van der Waals surface area contributed by atoms with Gasteiger partial charge < -0.3 is 15.0 Å². The Hall–Kier alpha value is -3.93. The largest absolute Gasteiger partial charge is 0.449 e. The van der Waals surface area contributed by atoms with Crippen LogP contribution in [0.5, 0.6) is 0 Å². The lowest BCUT2D eigenvalue weighted by molar-refractivity contribution is -0.129. The van der Waals surface area contributed by atoms with Crippen molar-refractivity contribution in [2.75, 3.05) is 18.5 Å². The van der Waals surface area contributed by atoms with Crippen LogP contribution in [0, 0.1) is 0 Å². The molecule has 0 radical (unpaired) electrons.